The largest absolute Gasteiger partial charge is 0.444 e. The van der Waals surface area contributed by atoms with Crippen LogP contribution in [0.15, 0.2) is 192 Å². The maximum absolute atomic E-state index is 13.7. The number of ether oxygens (including phenoxy) is 4. The van der Waals surface area contributed by atoms with E-state index < -0.39 is 57.9 Å². The Labute approximate surface area is 510 Å². The molecule has 4 amide bonds. The van der Waals surface area contributed by atoms with Crippen molar-refractivity contribution in [1.82, 2.24) is 31.1 Å². The third kappa shape index (κ3) is 20.7. The van der Waals surface area contributed by atoms with Gasteiger partial charge >= 0.3 is 24.4 Å². The normalized spacial score (nSPS) is 12.6. The highest BCUT2D eigenvalue weighted by Gasteiger charge is 2.37. The van der Waals surface area contributed by atoms with E-state index in [2.05, 4.69) is 104 Å². The number of alkyl carbamates (subject to hydrolysis) is 2. The SMILES string of the molecule is CC(C)(C)OC(=O)/N=C(\NC(=O)OC(C)(C)C)N(CCCCN(CCCNC(c1ccccc1)(c1ccccc1)c1ccccc1)/C(=N/C(=O)OC(C)(C)C)NC(=O)OC(C)(C)C)CCCNC(c1ccccc1)(c1ccccc1)c1ccccc1. The average Bonchev–Trinajstić information content (AvgIpc) is 0.809. The molecule has 0 unspecified atom stereocenters. The number of unbranched alkanes of at least 4 members (excludes halogenated alkanes) is 1. The van der Waals surface area contributed by atoms with Gasteiger partial charge in [-0.2, -0.15) is 0 Å². The fraction of sp³-hybridized carbons (Fsp3) is 0.400. The van der Waals surface area contributed by atoms with E-state index in [4.69, 9.17) is 18.9 Å². The molecule has 6 aromatic rings. The Kier molecular flexibility index (Phi) is 23.8. The first kappa shape index (κ1) is 66.8. The number of rotatable bonds is 21. The molecule has 4 N–H and O–H groups in total. The summed E-state index contributed by atoms with van der Waals surface area (Å²) in [5, 5.41) is 13.5. The molecule has 0 aliphatic rings. The van der Waals surface area contributed by atoms with Gasteiger partial charge < -0.3 is 28.7 Å². The van der Waals surface area contributed by atoms with Gasteiger partial charge in [0.1, 0.15) is 22.4 Å². The minimum Gasteiger partial charge on any atom is -0.444 e. The zero-order valence-electron chi connectivity index (χ0n) is 52.4. The monoisotopic (exact) mass is 1170 g/mol. The zero-order chi connectivity index (χ0) is 62.4. The number of guanidine groups is 2. The first-order valence-corrected chi connectivity index (χ1v) is 29.7. The van der Waals surface area contributed by atoms with Gasteiger partial charge in [0.05, 0.1) is 11.1 Å². The van der Waals surface area contributed by atoms with Crippen molar-refractivity contribution < 1.29 is 38.1 Å². The van der Waals surface area contributed by atoms with Crippen molar-refractivity contribution in [3.8, 4) is 0 Å². The molecular weight excluding hydrogens is 1080 g/mol. The van der Waals surface area contributed by atoms with Gasteiger partial charge in [-0.15, -0.1) is 9.98 Å². The lowest BCUT2D eigenvalue weighted by atomic mass is 9.77. The molecule has 6 aromatic carbocycles. The van der Waals surface area contributed by atoms with Crippen LogP contribution in [0.5, 0.6) is 0 Å². The number of nitrogens with zero attached hydrogens (tertiary/aromatic N) is 4. The summed E-state index contributed by atoms with van der Waals surface area (Å²) in [7, 11) is 0. The Balaban J connectivity index is 1.35. The second kappa shape index (κ2) is 30.6. The van der Waals surface area contributed by atoms with Gasteiger partial charge in [-0.05, 0) is 155 Å². The Hall–Kier alpha value is -8.34. The molecule has 0 fully saturated rings. The molecule has 6 rings (SSSR count). The summed E-state index contributed by atoms with van der Waals surface area (Å²) in [4.78, 5) is 67.4. The Morgan fingerprint density at radius 1 is 0.337 bits per heavy atom. The molecule has 16 heteroatoms. The van der Waals surface area contributed by atoms with Crippen LogP contribution in [0.2, 0.25) is 0 Å². The number of amides is 4. The van der Waals surface area contributed by atoms with Crippen molar-refractivity contribution in [2.45, 2.75) is 142 Å². The molecule has 458 valence electrons. The van der Waals surface area contributed by atoms with Gasteiger partial charge in [-0.3, -0.25) is 21.3 Å². The van der Waals surface area contributed by atoms with Crippen LogP contribution in [0.25, 0.3) is 0 Å². The lowest BCUT2D eigenvalue weighted by molar-refractivity contribution is 0.0534. The standard InChI is InChI=1S/C70H90N8O8/c1-65(2,3)83-61(79)73-59(74-62(80)84-66(4,5)6)77(51-33-47-71-69(53-35-19-13-20-36-53,54-37-21-14-22-38-54)55-39-23-15-24-40-55)49-31-32-50-78(60(75-63(81)85-67(7,8)9)76-64(82)86-68(10,11)12)52-34-48-72-70(56-41-25-16-26-42-56,57-43-27-17-28-44-57)58-45-29-18-30-46-58/h13-30,35-46,71-72H,31-34,47-52H2,1-12H3,(H,73,74,79,80)(H,75,76,81,82). The smallest absolute Gasteiger partial charge is 0.437 e. The molecule has 0 bridgehead atoms. The van der Waals surface area contributed by atoms with E-state index in [0.717, 1.165) is 33.4 Å². The van der Waals surface area contributed by atoms with Crippen molar-refractivity contribution in [2.24, 2.45) is 9.98 Å². The average molecular weight is 1170 g/mol. The summed E-state index contributed by atoms with van der Waals surface area (Å²) in [6, 6.07) is 61.9. The molecule has 0 aromatic heterocycles. The molecule has 0 aliphatic heterocycles. The van der Waals surface area contributed by atoms with Crippen molar-refractivity contribution in [1.29, 1.82) is 0 Å². The molecule has 0 spiro atoms. The fourth-order valence-electron chi connectivity index (χ4n) is 9.97. The molecular formula is C70H90N8O8. The molecule has 0 saturated carbocycles. The highest BCUT2D eigenvalue weighted by molar-refractivity contribution is 5.99. The van der Waals surface area contributed by atoms with Gasteiger partial charge in [0.15, 0.2) is 0 Å². The summed E-state index contributed by atoms with van der Waals surface area (Å²) in [5.41, 5.74) is 1.25. The molecule has 86 heavy (non-hydrogen) atoms. The zero-order valence-corrected chi connectivity index (χ0v) is 52.4. The van der Waals surface area contributed by atoms with Gasteiger partial charge in [-0.1, -0.05) is 182 Å². The Bertz CT molecular complexity index is 2710. The minimum atomic E-state index is -0.894. The van der Waals surface area contributed by atoms with Gasteiger partial charge in [0.25, 0.3) is 0 Å². The maximum Gasteiger partial charge on any atom is 0.437 e. The summed E-state index contributed by atoms with van der Waals surface area (Å²) in [6.45, 7) is 23.1. The summed E-state index contributed by atoms with van der Waals surface area (Å²) in [6.07, 6.45) is -1.45. The van der Waals surface area contributed by atoms with Gasteiger partial charge in [0, 0.05) is 26.2 Å². The van der Waals surface area contributed by atoms with Gasteiger partial charge in [0.2, 0.25) is 11.9 Å². The molecule has 0 aliphatic carbocycles. The van der Waals surface area contributed by atoms with Crippen LogP contribution >= 0.6 is 0 Å². The van der Waals surface area contributed by atoms with Crippen LogP contribution in [0, 0.1) is 0 Å². The van der Waals surface area contributed by atoms with Crippen LogP contribution in [-0.4, -0.2) is 108 Å². The lowest BCUT2D eigenvalue weighted by Gasteiger charge is -2.37. The Morgan fingerprint density at radius 3 is 0.779 bits per heavy atom. The topological polar surface area (TPSA) is 185 Å². The predicted octanol–water partition coefficient (Wildman–Crippen LogP) is 13.9. The van der Waals surface area contributed by atoms with E-state index in [1.54, 1.807) is 83.1 Å². The molecule has 0 radical (unpaired) electrons. The fourth-order valence-corrected chi connectivity index (χ4v) is 9.97. The van der Waals surface area contributed by atoms with E-state index in [1.165, 1.54) is 0 Å². The highest BCUT2D eigenvalue weighted by atomic mass is 16.6. The second-order valence-corrected chi connectivity index (χ2v) is 25.0. The highest BCUT2D eigenvalue weighted by Crippen LogP contribution is 2.38. The van der Waals surface area contributed by atoms with Crippen molar-refractivity contribution in [2.75, 3.05) is 39.3 Å². The summed E-state index contributed by atoms with van der Waals surface area (Å²) < 4.78 is 22.9. The number of benzene rings is 6. The maximum atomic E-state index is 13.7. The number of aliphatic imine (C=N–C) groups is 2. The van der Waals surface area contributed by atoms with E-state index in [-0.39, 0.29) is 25.0 Å². The molecule has 0 saturated heterocycles. The van der Waals surface area contributed by atoms with Crippen LogP contribution < -0.4 is 21.3 Å². The first-order valence-electron chi connectivity index (χ1n) is 29.7. The minimum absolute atomic E-state index is 0.0469. The molecule has 0 heterocycles. The number of nitrogens with one attached hydrogen (secondary N) is 4. The predicted molar refractivity (Wildman–Crippen MR) is 342 cm³/mol. The van der Waals surface area contributed by atoms with E-state index in [9.17, 15) is 19.2 Å². The summed E-state index contributed by atoms with van der Waals surface area (Å²) in [5.74, 6) is -0.0938. The van der Waals surface area contributed by atoms with Crippen LogP contribution in [0.3, 0.4) is 0 Å². The Morgan fingerprint density at radius 2 is 0.558 bits per heavy atom. The van der Waals surface area contributed by atoms with Crippen LogP contribution in [0.4, 0.5) is 19.2 Å². The van der Waals surface area contributed by atoms with E-state index in [1.807, 2.05) is 119 Å². The second-order valence-electron chi connectivity index (χ2n) is 25.0. The third-order valence-corrected chi connectivity index (χ3v) is 13.3. The number of hydrogen-bond donors (Lipinski definition) is 4. The van der Waals surface area contributed by atoms with E-state index in [0.29, 0.717) is 51.9 Å². The summed E-state index contributed by atoms with van der Waals surface area (Å²) >= 11 is 0. The van der Waals surface area contributed by atoms with E-state index >= 15 is 0 Å². The third-order valence-electron chi connectivity index (χ3n) is 13.3. The first-order chi connectivity index (χ1) is 40.8. The van der Waals surface area contributed by atoms with Crippen molar-refractivity contribution >= 4 is 36.3 Å². The quantitative estimate of drug-likeness (QED) is 0.0176. The van der Waals surface area contributed by atoms with Crippen LogP contribution in [-0.2, 0) is 30.0 Å². The number of hydrogen-bond acceptors (Lipinski definition) is 10. The number of carbonyl (C=O) groups excluding carboxylic acids is 4. The number of carbonyl (C=O) groups is 4. The van der Waals surface area contributed by atoms with Crippen molar-refractivity contribution in [3.05, 3.63) is 215 Å². The van der Waals surface area contributed by atoms with Crippen LogP contribution in [0.1, 0.15) is 142 Å². The lowest BCUT2D eigenvalue weighted by Crippen LogP contribution is -2.49. The molecule has 0 atom stereocenters. The van der Waals surface area contributed by atoms with Gasteiger partial charge in [-0.25, -0.2) is 19.2 Å². The molecule has 16 nitrogen and oxygen atoms in total. The van der Waals surface area contributed by atoms with Crippen molar-refractivity contribution in [3.63, 3.8) is 0 Å².